The van der Waals surface area contributed by atoms with Gasteiger partial charge < -0.3 is 9.47 Å². The fraction of sp³-hybridized carbons (Fsp3) is 0.533. The monoisotopic (exact) mass is 245 g/mol. The Morgan fingerprint density at radius 2 is 1.83 bits per heavy atom. The summed E-state index contributed by atoms with van der Waals surface area (Å²) in [5.41, 5.74) is 1.96. The molecule has 3 heteroatoms. The van der Waals surface area contributed by atoms with Crippen LogP contribution in [0.5, 0.6) is 0 Å². The van der Waals surface area contributed by atoms with Crippen molar-refractivity contribution in [2.24, 2.45) is 4.99 Å². The molecule has 3 rings (SSSR count). The summed E-state index contributed by atoms with van der Waals surface area (Å²) in [5, 5.41) is 0. The highest BCUT2D eigenvalue weighted by Gasteiger charge is 2.60. The first-order valence-electron chi connectivity index (χ1n) is 6.38. The second kappa shape index (κ2) is 3.58. The normalized spacial score (nSPS) is 32.9. The van der Waals surface area contributed by atoms with Crippen molar-refractivity contribution in [3.8, 4) is 0 Å². The molecule has 0 N–H and O–H groups in total. The molecule has 1 aromatic carbocycles. The molecular formula is C15H19NO2. The SMILES string of the molecule is Cc1ccc([C@H]2O[C@]2(C)C2=NC(C)(C)CO2)cc1. The summed E-state index contributed by atoms with van der Waals surface area (Å²) in [7, 11) is 0. The summed E-state index contributed by atoms with van der Waals surface area (Å²) < 4.78 is 11.5. The van der Waals surface area contributed by atoms with Gasteiger partial charge in [-0.1, -0.05) is 29.8 Å². The van der Waals surface area contributed by atoms with E-state index >= 15 is 0 Å². The van der Waals surface area contributed by atoms with Crippen LogP contribution in [0.15, 0.2) is 29.3 Å². The predicted molar refractivity (Wildman–Crippen MR) is 70.9 cm³/mol. The summed E-state index contributed by atoms with van der Waals surface area (Å²) in [6, 6.07) is 8.45. The molecule has 2 aliphatic rings. The fourth-order valence-electron chi connectivity index (χ4n) is 2.34. The molecule has 2 aliphatic heterocycles. The lowest BCUT2D eigenvalue weighted by molar-refractivity contribution is 0.251. The molecule has 2 heterocycles. The van der Waals surface area contributed by atoms with Crippen molar-refractivity contribution in [3.63, 3.8) is 0 Å². The van der Waals surface area contributed by atoms with Crippen LogP contribution in [-0.2, 0) is 9.47 Å². The van der Waals surface area contributed by atoms with Crippen LogP contribution >= 0.6 is 0 Å². The first kappa shape index (κ1) is 11.7. The molecule has 0 aliphatic carbocycles. The molecule has 0 spiro atoms. The topological polar surface area (TPSA) is 34.1 Å². The van der Waals surface area contributed by atoms with E-state index in [1.165, 1.54) is 11.1 Å². The number of epoxide rings is 1. The molecule has 1 saturated heterocycles. The zero-order valence-corrected chi connectivity index (χ0v) is 11.4. The van der Waals surface area contributed by atoms with Crippen LogP contribution in [0.3, 0.4) is 0 Å². The van der Waals surface area contributed by atoms with Crippen LogP contribution in [0.1, 0.15) is 38.0 Å². The van der Waals surface area contributed by atoms with Gasteiger partial charge in [-0.3, -0.25) is 0 Å². The lowest BCUT2D eigenvalue weighted by Gasteiger charge is -2.07. The van der Waals surface area contributed by atoms with E-state index in [0.29, 0.717) is 6.61 Å². The Labute approximate surface area is 108 Å². The van der Waals surface area contributed by atoms with Crippen molar-refractivity contribution >= 4 is 5.90 Å². The average molecular weight is 245 g/mol. The second-order valence-electron chi connectivity index (χ2n) is 6.03. The van der Waals surface area contributed by atoms with E-state index in [-0.39, 0.29) is 17.2 Å². The van der Waals surface area contributed by atoms with Crippen LogP contribution in [0.4, 0.5) is 0 Å². The number of nitrogens with zero attached hydrogens (tertiary/aromatic N) is 1. The standard InChI is InChI=1S/C15H19NO2/c1-10-5-7-11(8-6-10)12-15(4,18-12)13-16-14(2,3)9-17-13/h5-8,12H,9H2,1-4H3/t12-,15+/m1/s1. The van der Waals surface area contributed by atoms with Gasteiger partial charge in [0.25, 0.3) is 0 Å². The third-order valence-corrected chi connectivity index (χ3v) is 3.58. The van der Waals surface area contributed by atoms with Crippen LogP contribution in [0.2, 0.25) is 0 Å². The molecule has 0 aromatic heterocycles. The van der Waals surface area contributed by atoms with Gasteiger partial charge >= 0.3 is 0 Å². The predicted octanol–water partition coefficient (Wildman–Crippen LogP) is 3.03. The van der Waals surface area contributed by atoms with Crippen LogP contribution in [-0.4, -0.2) is 23.6 Å². The number of aryl methyl sites for hydroxylation is 1. The molecule has 1 fully saturated rings. The lowest BCUT2D eigenvalue weighted by atomic mass is 10.00. The Bertz CT molecular complexity index is 504. The minimum Gasteiger partial charge on any atom is -0.476 e. The zero-order chi connectivity index (χ0) is 13.0. The first-order chi connectivity index (χ1) is 8.41. The van der Waals surface area contributed by atoms with Gasteiger partial charge in [0.1, 0.15) is 12.7 Å². The molecule has 0 saturated carbocycles. The Morgan fingerprint density at radius 1 is 1.17 bits per heavy atom. The van der Waals surface area contributed by atoms with E-state index in [1.54, 1.807) is 0 Å². The highest BCUT2D eigenvalue weighted by Crippen LogP contribution is 2.51. The van der Waals surface area contributed by atoms with E-state index < -0.39 is 0 Å². The minimum atomic E-state index is -0.372. The highest BCUT2D eigenvalue weighted by atomic mass is 16.6. The van der Waals surface area contributed by atoms with E-state index in [0.717, 1.165) is 5.90 Å². The van der Waals surface area contributed by atoms with Crippen LogP contribution in [0, 0.1) is 6.92 Å². The van der Waals surface area contributed by atoms with Crippen LogP contribution < -0.4 is 0 Å². The molecule has 2 atom stereocenters. The van der Waals surface area contributed by atoms with E-state index in [1.807, 2.05) is 0 Å². The maximum atomic E-state index is 5.85. The molecule has 0 radical (unpaired) electrons. The molecule has 1 aromatic rings. The maximum absolute atomic E-state index is 5.85. The minimum absolute atomic E-state index is 0.0748. The highest BCUT2D eigenvalue weighted by molar-refractivity contribution is 5.90. The number of aliphatic imine (C=N–C) groups is 1. The summed E-state index contributed by atoms with van der Waals surface area (Å²) in [5.74, 6) is 0.748. The van der Waals surface area contributed by atoms with Gasteiger partial charge in [0.05, 0.1) is 5.54 Å². The smallest absolute Gasteiger partial charge is 0.220 e. The average Bonchev–Trinajstić information content (AvgIpc) is 2.85. The van der Waals surface area contributed by atoms with Gasteiger partial charge in [0.2, 0.25) is 5.90 Å². The van der Waals surface area contributed by atoms with Crippen molar-refractivity contribution in [1.82, 2.24) is 0 Å². The second-order valence-corrected chi connectivity index (χ2v) is 6.03. The Kier molecular flexibility index (Phi) is 2.33. The number of ether oxygens (including phenoxy) is 2. The summed E-state index contributed by atoms with van der Waals surface area (Å²) >= 11 is 0. The summed E-state index contributed by atoms with van der Waals surface area (Å²) in [6.45, 7) is 8.93. The van der Waals surface area contributed by atoms with Crippen molar-refractivity contribution in [3.05, 3.63) is 35.4 Å². The van der Waals surface area contributed by atoms with Gasteiger partial charge in [-0.05, 0) is 33.3 Å². The van der Waals surface area contributed by atoms with E-state index in [2.05, 4.69) is 57.0 Å². The number of hydrogen-bond acceptors (Lipinski definition) is 3. The van der Waals surface area contributed by atoms with Gasteiger partial charge in [-0.25, -0.2) is 4.99 Å². The van der Waals surface area contributed by atoms with Crippen LogP contribution in [0.25, 0.3) is 0 Å². The molecule has 96 valence electrons. The molecular weight excluding hydrogens is 226 g/mol. The van der Waals surface area contributed by atoms with E-state index in [9.17, 15) is 0 Å². The van der Waals surface area contributed by atoms with Crippen molar-refractivity contribution in [2.45, 2.75) is 44.9 Å². The molecule has 3 nitrogen and oxygen atoms in total. The maximum Gasteiger partial charge on any atom is 0.220 e. The quantitative estimate of drug-likeness (QED) is 0.750. The summed E-state index contributed by atoms with van der Waals surface area (Å²) in [4.78, 5) is 4.62. The molecule has 18 heavy (non-hydrogen) atoms. The number of benzene rings is 1. The van der Waals surface area contributed by atoms with Gasteiger partial charge in [0, 0.05) is 0 Å². The number of rotatable bonds is 2. The van der Waals surface area contributed by atoms with Crippen molar-refractivity contribution in [2.75, 3.05) is 6.61 Å². The Hall–Kier alpha value is -1.35. The number of hydrogen-bond donors (Lipinski definition) is 0. The van der Waals surface area contributed by atoms with Gasteiger partial charge in [0.15, 0.2) is 5.60 Å². The van der Waals surface area contributed by atoms with E-state index in [4.69, 9.17) is 9.47 Å². The molecule has 0 unspecified atom stereocenters. The fourth-order valence-corrected chi connectivity index (χ4v) is 2.34. The molecule has 0 bridgehead atoms. The Balaban J connectivity index is 1.82. The van der Waals surface area contributed by atoms with Crippen molar-refractivity contribution < 1.29 is 9.47 Å². The molecule has 0 amide bonds. The van der Waals surface area contributed by atoms with Gasteiger partial charge in [-0.15, -0.1) is 0 Å². The Morgan fingerprint density at radius 3 is 2.39 bits per heavy atom. The van der Waals surface area contributed by atoms with Crippen molar-refractivity contribution in [1.29, 1.82) is 0 Å². The summed E-state index contributed by atoms with van der Waals surface area (Å²) in [6.07, 6.45) is 0.0748. The largest absolute Gasteiger partial charge is 0.476 e. The lowest BCUT2D eigenvalue weighted by Crippen LogP contribution is -2.21. The third-order valence-electron chi connectivity index (χ3n) is 3.58. The van der Waals surface area contributed by atoms with Gasteiger partial charge in [-0.2, -0.15) is 0 Å². The third kappa shape index (κ3) is 1.83. The first-order valence-corrected chi connectivity index (χ1v) is 6.38. The zero-order valence-electron chi connectivity index (χ0n) is 11.4.